The zero-order valence-corrected chi connectivity index (χ0v) is 10.6. The maximum atomic E-state index is 12.2. The Morgan fingerprint density at radius 1 is 1.47 bits per heavy atom. The van der Waals surface area contributed by atoms with Gasteiger partial charge in [0.15, 0.2) is 0 Å². The minimum atomic E-state index is -3.64. The molecule has 2 rings (SSSR count). The van der Waals surface area contributed by atoms with E-state index in [2.05, 4.69) is 0 Å². The first-order valence-corrected chi connectivity index (χ1v) is 6.93. The van der Waals surface area contributed by atoms with Gasteiger partial charge in [0.05, 0.1) is 10.7 Å². The van der Waals surface area contributed by atoms with Gasteiger partial charge in [-0.25, -0.2) is 8.42 Å². The summed E-state index contributed by atoms with van der Waals surface area (Å²) in [6.45, 7) is 0.608. The fourth-order valence-corrected chi connectivity index (χ4v) is 3.99. The van der Waals surface area contributed by atoms with E-state index >= 15 is 0 Å². The summed E-state index contributed by atoms with van der Waals surface area (Å²) in [6, 6.07) is 4.60. The molecule has 0 amide bonds. The standard InChI is InChI=1S/C10H13ClN2O3S/c11-8-2-1-3-9(12)10(8)17(15,16)13-4-7(5-13)6-14/h1-3,7,14H,4-6,12H2. The normalized spacial score (nSPS) is 18.0. The average Bonchev–Trinajstić information content (AvgIpc) is 2.14. The third kappa shape index (κ3) is 2.13. The topological polar surface area (TPSA) is 83.6 Å². The Hall–Kier alpha value is -0.820. The van der Waals surface area contributed by atoms with Gasteiger partial charge in [-0.1, -0.05) is 17.7 Å². The molecule has 0 atom stereocenters. The molecule has 1 aliphatic rings. The van der Waals surface area contributed by atoms with Crippen molar-refractivity contribution >= 4 is 27.3 Å². The fraction of sp³-hybridized carbons (Fsp3) is 0.400. The largest absolute Gasteiger partial charge is 0.398 e. The number of aliphatic hydroxyl groups is 1. The molecule has 0 bridgehead atoms. The Kier molecular flexibility index (Phi) is 3.31. The number of benzene rings is 1. The fourth-order valence-electron chi connectivity index (χ4n) is 1.76. The summed E-state index contributed by atoms with van der Waals surface area (Å²) in [5.41, 5.74) is 5.80. The molecule has 0 aromatic heterocycles. The molecule has 1 saturated heterocycles. The van der Waals surface area contributed by atoms with Gasteiger partial charge in [-0.3, -0.25) is 0 Å². The number of halogens is 1. The van der Waals surface area contributed by atoms with Crippen LogP contribution in [-0.4, -0.2) is 37.5 Å². The van der Waals surface area contributed by atoms with Gasteiger partial charge in [-0.05, 0) is 12.1 Å². The highest BCUT2D eigenvalue weighted by Gasteiger charge is 2.38. The highest BCUT2D eigenvalue weighted by Crippen LogP contribution is 2.33. The number of sulfonamides is 1. The van der Waals surface area contributed by atoms with Gasteiger partial charge in [-0.2, -0.15) is 4.31 Å². The van der Waals surface area contributed by atoms with Crippen molar-refractivity contribution in [2.75, 3.05) is 25.4 Å². The van der Waals surface area contributed by atoms with Crippen LogP contribution in [0.4, 0.5) is 5.69 Å². The molecule has 94 valence electrons. The number of aliphatic hydroxyl groups excluding tert-OH is 1. The summed E-state index contributed by atoms with van der Waals surface area (Å²) in [5, 5.41) is 9.00. The lowest BCUT2D eigenvalue weighted by Gasteiger charge is -2.37. The quantitative estimate of drug-likeness (QED) is 0.789. The number of hydrogen-bond acceptors (Lipinski definition) is 4. The minimum Gasteiger partial charge on any atom is -0.398 e. The zero-order chi connectivity index (χ0) is 12.6. The second-order valence-corrected chi connectivity index (χ2v) is 6.31. The van der Waals surface area contributed by atoms with Gasteiger partial charge in [0, 0.05) is 25.6 Å². The van der Waals surface area contributed by atoms with E-state index < -0.39 is 10.0 Å². The molecule has 1 aromatic carbocycles. The molecular formula is C10H13ClN2O3S. The number of nitrogens with zero attached hydrogens (tertiary/aromatic N) is 1. The van der Waals surface area contributed by atoms with Crippen LogP contribution in [0.1, 0.15) is 0 Å². The van der Waals surface area contributed by atoms with Crippen LogP contribution in [0, 0.1) is 5.92 Å². The maximum Gasteiger partial charge on any atom is 0.246 e. The summed E-state index contributed by atoms with van der Waals surface area (Å²) in [4.78, 5) is -0.0435. The van der Waals surface area contributed by atoms with E-state index in [1.807, 2.05) is 0 Å². The van der Waals surface area contributed by atoms with Crippen molar-refractivity contribution in [3.05, 3.63) is 23.2 Å². The van der Waals surface area contributed by atoms with Crippen LogP contribution in [0.25, 0.3) is 0 Å². The van der Waals surface area contributed by atoms with Crippen LogP contribution in [0.2, 0.25) is 5.02 Å². The minimum absolute atomic E-state index is 0.00786. The first-order valence-electron chi connectivity index (χ1n) is 5.12. The SMILES string of the molecule is Nc1cccc(Cl)c1S(=O)(=O)N1CC(CO)C1. The molecule has 3 N–H and O–H groups in total. The molecule has 1 aromatic rings. The van der Waals surface area contributed by atoms with Gasteiger partial charge in [0.2, 0.25) is 10.0 Å². The van der Waals surface area contributed by atoms with E-state index in [1.54, 1.807) is 6.07 Å². The number of nitrogen functional groups attached to an aromatic ring is 1. The summed E-state index contributed by atoms with van der Waals surface area (Å²) < 4.78 is 25.7. The van der Waals surface area contributed by atoms with E-state index in [0.29, 0.717) is 13.1 Å². The number of hydrogen-bond donors (Lipinski definition) is 2. The molecule has 0 aliphatic carbocycles. The van der Waals surface area contributed by atoms with Crippen LogP contribution in [0.5, 0.6) is 0 Å². The van der Waals surface area contributed by atoms with Crippen LogP contribution in [0.15, 0.2) is 23.1 Å². The van der Waals surface area contributed by atoms with Crippen molar-refractivity contribution in [2.45, 2.75) is 4.90 Å². The van der Waals surface area contributed by atoms with E-state index in [1.165, 1.54) is 16.4 Å². The van der Waals surface area contributed by atoms with Crippen LogP contribution in [-0.2, 0) is 10.0 Å². The summed E-state index contributed by atoms with van der Waals surface area (Å²) in [6.07, 6.45) is 0. The third-order valence-corrected chi connectivity index (χ3v) is 5.15. The number of rotatable bonds is 3. The summed E-state index contributed by atoms with van der Waals surface area (Å²) >= 11 is 5.87. The molecular weight excluding hydrogens is 264 g/mol. The monoisotopic (exact) mass is 276 g/mol. The first kappa shape index (κ1) is 12.6. The Morgan fingerprint density at radius 2 is 2.12 bits per heavy atom. The predicted molar refractivity (Wildman–Crippen MR) is 65.2 cm³/mol. The van der Waals surface area contributed by atoms with Gasteiger partial charge in [-0.15, -0.1) is 0 Å². The first-order chi connectivity index (χ1) is 7.96. The lowest BCUT2D eigenvalue weighted by Crippen LogP contribution is -2.51. The molecule has 1 aliphatic heterocycles. The van der Waals surface area contributed by atoms with E-state index in [4.69, 9.17) is 22.4 Å². The zero-order valence-electron chi connectivity index (χ0n) is 9.01. The van der Waals surface area contributed by atoms with Crippen molar-refractivity contribution in [3.8, 4) is 0 Å². The predicted octanol–water partition coefficient (Wildman–Crippen LogP) is 0.535. The van der Waals surface area contributed by atoms with Crippen LogP contribution in [0.3, 0.4) is 0 Å². The van der Waals surface area contributed by atoms with Crippen molar-refractivity contribution in [2.24, 2.45) is 5.92 Å². The molecule has 0 unspecified atom stereocenters. The molecule has 0 saturated carbocycles. The molecule has 5 nitrogen and oxygen atoms in total. The lowest BCUT2D eigenvalue weighted by molar-refractivity contribution is 0.117. The molecule has 7 heteroatoms. The number of anilines is 1. The lowest BCUT2D eigenvalue weighted by atomic mass is 10.1. The van der Waals surface area contributed by atoms with Gasteiger partial charge in [0.25, 0.3) is 0 Å². The molecule has 1 fully saturated rings. The highest BCUT2D eigenvalue weighted by molar-refractivity contribution is 7.89. The van der Waals surface area contributed by atoms with Crippen molar-refractivity contribution in [1.82, 2.24) is 4.31 Å². The van der Waals surface area contributed by atoms with E-state index in [0.717, 1.165) is 0 Å². The van der Waals surface area contributed by atoms with Gasteiger partial charge >= 0.3 is 0 Å². The Morgan fingerprint density at radius 3 is 2.65 bits per heavy atom. The van der Waals surface area contributed by atoms with Gasteiger partial charge in [0.1, 0.15) is 4.90 Å². The van der Waals surface area contributed by atoms with E-state index in [-0.39, 0.29) is 28.1 Å². The molecule has 17 heavy (non-hydrogen) atoms. The Balaban J connectivity index is 2.34. The number of nitrogens with two attached hydrogens (primary N) is 1. The third-order valence-electron chi connectivity index (χ3n) is 2.78. The Labute approximate surface area is 105 Å². The summed E-state index contributed by atoms with van der Waals surface area (Å²) in [5.74, 6) is 0.00786. The summed E-state index contributed by atoms with van der Waals surface area (Å²) in [7, 11) is -3.64. The van der Waals surface area contributed by atoms with Crippen LogP contribution < -0.4 is 5.73 Å². The van der Waals surface area contributed by atoms with Crippen LogP contribution >= 0.6 is 11.6 Å². The molecule has 0 radical (unpaired) electrons. The van der Waals surface area contributed by atoms with Crippen molar-refractivity contribution in [3.63, 3.8) is 0 Å². The maximum absolute atomic E-state index is 12.2. The molecule has 0 spiro atoms. The molecule has 1 heterocycles. The van der Waals surface area contributed by atoms with Crippen molar-refractivity contribution in [1.29, 1.82) is 0 Å². The second-order valence-electron chi connectivity index (χ2n) is 4.03. The highest BCUT2D eigenvalue weighted by atomic mass is 35.5. The Bertz CT molecular complexity index is 506. The smallest absolute Gasteiger partial charge is 0.246 e. The average molecular weight is 277 g/mol. The van der Waals surface area contributed by atoms with Crippen molar-refractivity contribution < 1.29 is 13.5 Å². The van der Waals surface area contributed by atoms with E-state index in [9.17, 15) is 8.42 Å². The van der Waals surface area contributed by atoms with Gasteiger partial charge < -0.3 is 10.8 Å². The second kappa shape index (κ2) is 4.45.